The summed E-state index contributed by atoms with van der Waals surface area (Å²) in [7, 11) is 1.62. The molecule has 0 atom stereocenters. The molecule has 1 amide bonds. The van der Waals surface area contributed by atoms with Gasteiger partial charge in [-0.25, -0.2) is 14.6 Å². The summed E-state index contributed by atoms with van der Waals surface area (Å²) >= 11 is 0. The number of anilines is 1. The van der Waals surface area contributed by atoms with Crippen LogP contribution in [0.3, 0.4) is 0 Å². The Morgan fingerprint density at radius 2 is 2.00 bits per heavy atom. The predicted octanol–water partition coefficient (Wildman–Crippen LogP) is 0.988. The van der Waals surface area contributed by atoms with Gasteiger partial charge in [0, 0.05) is 19.6 Å². The van der Waals surface area contributed by atoms with Crippen molar-refractivity contribution in [1.82, 2.24) is 25.1 Å². The summed E-state index contributed by atoms with van der Waals surface area (Å²) in [5, 5.41) is 8.09. The zero-order chi connectivity index (χ0) is 19.3. The maximum atomic E-state index is 12.4. The summed E-state index contributed by atoms with van der Waals surface area (Å²) < 4.78 is 12.1. The summed E-state index contributed by atoms with van der Waals surface area (Å²) in [5.74, 6) is 1.49. The summed E-state index contributed by atoms with van der Waals surface area (Å²) in [4.78, 5) is 23.3. The molecule has 0 spiro atoms. The van der Waals surface area contributed by atoms with E-state index in [9.17, 15) is 4.79 Å². The number of ether oxygens (including phenoxy) is 2. The highest BCUT2D eigenvalue weighted by atomic mass is 16.5. The van der Waals surface area contributed by atoms with Crippen LogP contribution in [-0.4, -0.2) is 59.1 Å². The largest absolute Gasteiger partial charge is 0.497 e. The Labute approximate surface area is 162 Å². The molecule has 9 nitrogen and oxygen atoms in total. The lowest BCUT2D eigenvalue weighted by Gasteiger charge is -2.27. The molecular formula is C19H22N6O3. The first-order chi connectivity index (χ1) is 13.7. The topological polar surface area (TPSA) is 94.4 Å². The first-order valence-corrected chi connectivity index (χ1v) is 9.13. The van der Waals surface area contributed by atoms with Crippen LogP contribution in [0, 0.1) is 0 Å². The van der Waals surface area contributed by atoms with Gasteiger partial charge in [0.25, 0.3) is 0 Å². The van der Waals surface area contributed by atoms with E-state index in [2.05, 4.69) is 25.3 Å². The van der Waals surface area contributed by atoms with Crippen molar-refractivity contribution in [1.29, 1.82) is 0 Å². The molecule has 1 saturated heterocycles. The molecule has 0 aliphatic carbocycles. The zero-order valence-corrected chi connectivity index (χ0v) is 15.7. The van der Waals surface area contributed by atoms with E-state index in [4.69, 9.17) is 9.47 Å². The molecule has 0 bridgehead atoms. The minimum Gasteiger partial charge on any atom is -0.497 e. The van der Waals surface area contributed by atoms with Crippen LogP contribution in [0.5, 0.6) is 5.75 Å². The van der Waals surface area contributed by atoms with Crippen LogP contribution >= 0.6 is 0 Å². The fourth-order valence-corrected chi connectivity index (χ4v) is 3.16. The zero-order valence-electron chi connectivity index (χ0n) is 15.7. The number of methoxy groups -OCH3 is 1. The molecule has 0 unspecified atom stereocenters. The molecule has 1 aromatic carbocycles. The smallest absolute Gasteiger partial charge is 0.242 e. The number of nitrogens with one attached hydrogen (secondary N) is 1. The number of carbonyl (C=O) groups excluding carboxylic acids is 1. The molecule has 28 heavy (non-hydrogen) atoms. The van der Waals surface area contributed by atoms with Gasteiger partial charge < -0.3 is 19.7 Å². The third-order valence-electron chi connectivity index (χ3n) is 4.67. The van der Waals surface area contributed by atoms with Gasteiger partial charge in [-0.3, -0.25) is 4.79 Å². The standard InChI is InChI=1S/C19H22N6O3/c1-27-15-4-2-14(3-5-15)10-20-17(26)12-25-19-16(11-23-25)18(21-13-22-19)24-6-8-28-9-7-24/h2-5,11,13H,6-10,12H2,1H3,(H,20,26). The highest BCUT2D eigenvalue weighted by Crippen LogP contribution is 2.23. The average molecular weight is 382 g/mol. The molecule has 3 aromatic rings. The van der Waals surface area contributed by atoms with Gasteiger partial charge in [-0.2, -0.15) is 5.10 Å². The molecule has 2 aromatic heterocycles. The van der Waals surface area contributed by atoms with Gasteiger partial charge >= 0.3 is 0 Å². The minimum atomic E-state index is -0.132. The summed E-state index contributed by atoms with van der Waals surface area (Å²) in [5.41, 5.74) is 1.65. The molecule has 0 radical (unpaired) electrons. The lowest BCUT2D eigenvalue weighted by atomic mass is 10.2. The van der Waals surface area contributed by atoms with Crippen LogP contribution in [0.25, 0.3) is 11.0 Å². The first kappa shape index (κ1) is 18.2. The van der Waals surface area contributed by atoms with Crippen LogP contribution in [0.1, 0.15) is 5.56 Å². The summed E-state index contributed by atoms with van der Waals surface area (Å²) in [6.45, 7) is 3.44. The van der Waals surface area contributed by atoms with Crippen LogP contribution in [0.2, 0.25) is 0 Å². The van der Waals surface area contributed by atoms with Gasteiger partial charge in [-0.05, 0) is 17.7 Å². The van der Waals surface area contributed by atoms with E-state index < -0.39 is 0 Å². The van der Waals surface area contributed by atoms with E-state index in [-0.39, 0.29) is 12.5 Å². The number of amides is 1. The van der Waals surface area contributed by atoms with Crippen molar-refractivity contribution >= 4 is 22.8 Å². The van der Waals surface area contributed by atoms with Crippen molar-refractivity contribution in [3.05, 3.63) is 42.4 Å². The lowest BCUT2D eigenvalue weighted by Crippen LogP contribution is -2.36. The third-order valence-corrected chi connectivity index (χ3v) is 4.67. The Balaban J connectivity index is 1.43. The minimum absolute atomic E-state index is 0.0964. The number of fused-ring (bicyclic) bond motifs is 1. The van der Waals surface area contributed by atoms with E-state index >= 15 is 0 Å². The second-order valence-corrected chi connectivity index (χ2v) is 6.46. The molecular weight excluding hydrogens is 360 g/mol. The molecule has 0 saturated carbocycles. The van der Waals surface area contributed by atoms with E-state index in [1.807, 2.05) is 24.3 Å². The lowest BCUT2D eigenvalue weighted by molar-refractivity contribution is -0.121. The van der Waals surface area contributed by atoms with Crippen molar-refractivity contribution in [2.24, 2.45) is 0 Å². The Morgan fingerprint density at radius 3 is 2.75 bits per heavy atom. The van der Waals surface area contributed by atoms with Gasteiger partial charge in [0.2, 0.25) is 5.91 Å². The van der Waals surface area contributed by atoms with E-state index in [1.54, 1.807) is 18.0 Å². The number of aromatic nitrogens is 4. The van der Waals surface area contributed by atoms with E-state index in [0.29, 0.717) is 25.4 Å². The molecule has 3 heterocycles. The normalized spacial score (nSPS) is 14.2. The number of hydrogen-bond donors (Lipinski definition) is 1. The molecule has 146 valence electrons. The third kappa shape index (κ3) is 3.89. The summed E-state index contributed by atoms with van der Waals surface area (Å²) in [6.07, 6.45) is 3.23. The average Bonchev–Trinajstić information content (AvgIpc) is 3.16. The number of benzene rings is 1. The SMILES string of the molecule is COc1ccc(CNC(=O)Cn2ncc3c(N4CCOCC4)ncnc32)cc1. The van der Waals surface area contributed by atoms with Crippen molar-refractivity contribution in [2.75, 3.05) is 38.3 Å². The van der Waals surface area contributed by atoms with Crippen LogP contribution in [0.4, 0.5) is 5.82 Å². The van der Waals surface area contributed by atoms with Gasteiger partial charge in [-0.1, -0.05) is 12.1 Å². The van der Waals surface area contributed by atoms with Crippen molar-refractivity contribution in [3.63, 3.8) is 0 Å². The number of rotatable bonds is 6. The van der Waals surface area contributed by atoms with E-state index in [0.717, 1.165) is 35.6 Å². The second-order valence-electron chi connectivity index (χ2n) is 6.46. The predicted molar refractivity (Wildman–Crippen MR) is 103 cm³/mol. The number of carbonyl (C=O) groups is 1. The maximum absolute atomic E-state index is 12.4. The highest BCUT2D eigenvalue weighted by Gasteiger charge is 2.18. The molecule has 1 aliphatic rings. The van der Waals surface area contributed by atoms with Crippen molar-refractivity contribution < 1.29 is 14.3 Å². The van der Waals surface area contributed by atoms with Gasteiger partial charge in [0.15, 0.2) is 5.65 Å². The number of morpholine rings is 1. The number of hydrogen-bond acceptors (Lipinski definition) is 7. The van der Waals surface area contributed by atoms with Crippen molar-refractivity contribution in [2.45, 2.75) is 13.1 Å². The molecule has 1 fully saturated rings. The van der Waals surface area contributed by atoms with Crippen LogP contribution in [-0.2, 0) is 22.6 Å². The Kier molecular flexibility index (Phi) is 5.34. The van der Waals surface area contributed by atoms with Gasteiger partial charge in [0.05, 0.1) is 31.9 Å². The molecule has 1 N–H and O–H groups in total. The Morgan fingerprint density at radius 1 is 1.21 bits per heavy atom. The maximum Gasteiger partial charge on any atom is 0.242 e. The quantitative estimate of drug-likeness (QED) is 0.679. The molecule has 1 aliphatic heterocycles. The van der Waals surface area contributed by atoms with Gasteiger partial charge in [-0.15, -0.1) is 0 Å². The van der Waals surface area contributed by atoms with Gasteiger partial charge in [0.1, 0.15) is 24.4 Å². The second kappa shape index (κ2) is 8.22. The van der Waals surface area contributed by atoms with Crippen LogP contribution < -0.4 is 15.0 Å². The monoisotopic (exact) mass is 382 g/mol. The fourth-order valence-electron chi connectivity index (χ4n) is 3.16. The van der Waals surface area contributed by atoms with Crippen LogP contribution in [0.15, 0.2) is 36.8 Å². The fraction of sp³-hybridized carbons (Fsp3) is 0.368. The van der Waals surface area contributed by atoms with Crippen molar-refractivity contribution in [3.8, 4) is 5.75 Å². The Bertz CT molecular complexity index is 950. The Hall–Kier alpha value is -3.20. The molecule has 4 rings (SSSR count). The van der Waals surface area contributed by atoms with E-state index in [1.165, 1.54) is 6.33 Å². The summed E-state index contributed by atoms with van der Waals surface area (Å²) in [6, 6.07) is 7.58. The first-order valence-electron chi connectivity index (χ1n) is 9.13. The number of nitrogens with zero attached hydrogens (tertiary/aromatic N) is 5. The highest BCUT2D eigenvalue weighted by molar-refractivity contribution is 5.87. The molecule has 9 heteroatoms.